The standard InChI is InChI=1S/C25H22N2O2S/c28-24-12-11-23(25(29)26-24)19-9-10-20-15-27(16-21(20)13-19)30-22-8-4-7-18(14-22)17-5-2-1-3-6-17/h1-10,13-14,23H,11-12,15-16H2,(H,26,28,29). The first-order chi connectivity index (χ1) is 14.7. The summed E-state index contributed by atoms with van der Waals surface area (Å²) >= 11 is 1.77. The van der Waals surface area contributed by atoms with Gasteiger partial charge in [0.2, 0.25) is 11.8 Å². The van der Waals surface area contributed by atoms with Crippen molar-refractivity contribution < 1.29 is 9.59 Å². The number of hydrogen-bond donors (Lipinski definition) is 1. The summed E-state index contributed by atoms with van der Waals surface area (Å²) in [4.78, 5) is 24.9. The zero-order valence-electron chi connectivity index (χ0n) is 16.5. The third kappa shape index (κ3) is 3.91. The second-order valence-corrected chi connectivity index (χ2v) is 8.99. The van der Waals surface area contributed by atoms with E-state index in [4.69, 9.17) is 0 Å². The number of nitrogens with one attached hydrogen (secondary N) is 1. The molecule has 150 valence electrons. The Morgan fingerprint density at radius 3 is 2.47 bits per heavy atom. The number of imide groups is 1. The summed E-state index contributed by atoms with van der Waals surface area (Å²) in [5, 5.41) is 2.46. The van der Waals surface area contributed by atoms with Gasteiger partial charge < -0.3 is 0 Å². The van der Waals surface area contributed by atoms with Crippen LogP contribution in [0.5, 0.6) is 0 Å². The van der Waals surface area contributed by atoms with Crippen LogP contribution in [0, 0.1) is 0 Å². The van der Waals surface area contributed by atoms with Crippen molar-refractivity contribution in [2.24, 2.45) is 0 Å². The fourth-order valence-electron chi connectivity index (χ4n) is 4.19. The number of benzene rings is 3. The van der Waals surface area contributed by atoms with Gasteiger partial charge in [-0.15, -0.1) is 0 Å². The van der Waals surface area contributed by atoms with Crippen LogP contribution in [0.25, 0.3) is 11.1 Å². The Kier molecular flexibility index (Phi) is 5.15. The minimum absolute atomic E-state index is 0.169. The highest BCUT2D eigenvalue weighted by molar-refractivity contribution is 7.97. The molecule has 1 N–H and O–H groups in total. The van der Waals surface area contributed by atoms with E-state index in [2.05, 4.69) is 70.3 Å². The third-order valence-corrected chi connectivity index (χ3v) is 6.72. The largest absolute Gasteiger partial charge is 0.296 e. The topological polar surface area (TPSA) is 49.4 Å². The van der Waals surface area contributed by atoms with Gasteiger partial charge in [-0.2, -0.15) is 0 Å². The Balaban J connectivity index is 1.30. The van der Waals surface area contributed by atoms with Crippen molar-refractivity contribution in [3.63, 3.8) is 0 Å². The van der Waals surface area contributed by atoms with Gasteiger partial charge in [0.25, 0.3) is 0 Å². The maximum absolute atomic E-state index is 12.2. The SMILES string of the molecule is O=C1CCC(c2ccc3c(c2)CN(Sc2cccc(-c4ccccc4)c2)C3)C(=O)N1. The third-order valence-electron chi connectivity index (χ3n) is 5.74. The van der Waals surface area contributed by atoms with Crippen LogP contribution >= 0.6 is 11.9 Å². The van der Waals surface area contributed by atoms with Gasteiger partial charge in [0.05, 0.1) is 5.92 Å². The van der Waals surface area contributed by atoms with Gasteiger partial charge in [0.1, 0.15) is 0 Å². The predicted molar refractivity (Wildman–Crippen MR) is 119 cm³/mol. The summed E-state index contributed by atoms with van der Waals surface area (Å²) in [6.45, 7) is 1.72. The van der Waals surface area contributed by atoms with E-state index in [-0.39, 0.29) is 17.7 Å². The van der Waals surface area contributed by atoms with Crippen molar-refractivity contribution in [2.75, 3.05) is 0 Å². The first-order valence-corrected chi connectivity index (χ1v) is 11.0. The molecule has 3 aromatic rings. The molecule has 2 aliphatic rings. The molecule has 2 heterocycles. The van der Waals surface area contributed by atoms with Crippen molar-refractivity contribution in [3.8, 4) is 11.1 Å². The van der Waals surface area contributed by atoms with Crippen molar-refractivity contribution in [2.45, 2.75) is 36.7 Å². The average molecular weight is 415 g/mol. The number of nitrogens with zero attached hydrogens (tertiary/aromatic N) is 1. The molecule has 5 rings (SSSR count). The number of carbonyl (C=O) groups is 2. The van der Waals surface area contributed by atoms with Crippen LogP contribution in [0.2, 0.25) is 0 Å². The van der Waals surface area contributed by atoms with Gasteiger partial charge in [-0.05, 0) is 58.3 Å². The molecule has 2 amide bonds. The highest BCUT2D eigenvalue weighted by atomic mass is 32.2. The molecule has 1 unspecified atom stereocenters. The fraction of sp³-hybridized carbons (Fsp3) is 0.200. The number of carbonyl (C=O) groups excluding carboxylic acids is 2. The zero-order chi connectivity index (χ0) is 20.5. The lowest BCUT2D eigenvalue weighted by molar-refractivity contribution is -0.134. The van der Waals surface area contributed by atoms with Gasteiger partial charge in [-0.3, -0.25) is 14.9 Å². The molecule has 3 aromatic carbocycles. The molecule has 0 saturated carbocycles. The Hall–Kier alpha value is -2.89. The smallest absolute Gasteiger partial charge is 0.234 e. The summed E-state index contributed by atoms with van der Waals surface area (Å²) in [6.07, 6.45) is 1.00. The van der Waals surface area contributed by atoms with Crippen LogP contribution in [0.1, 0.15) is 35.4 Å². The Bertz CT molecular complexity index is 1110. The minimum atomic E-state index is -0.225. The molecule has 0 aromatic heterocycles. The lowest BCUT2D eigenvalue weighted by Gasteiger charge is -2.21. The van der Waals surface area contributed by atoms with Crippen LogP contribution in [0.15, 0.2) is 77.7 Å². The van der Waals surface area contributed by atoms with Gasteiger partial charge in [0, 0.05) is 24.4 Å². The van der Waals surface area contributed by atoms with Crippen molar-refractivity contribution in [1.82, 2.24) is 9.62 Å². The van der Waals surface area contributed by atoms with Gasteiger partial charge in [-0.25, -0.2) is 4.31 Å². The minimum Gasteiger partial charge on any atom is -0.296 e. The van der Waals surface area contributed by atoms with E-state index < -0.39 is 0 Å². The van der Waals surface area contributed by atoms with Crippen LogP contribution in [0.3, 0.4) is 0 Å². The quantitative estimate of drug-likeness (QED) is 0.487. The van der Waals surface area contributed by atoms with E-state index in [1.54, 1.807) is 11.9 Å². The summed E-state index contributed by atoms with van der Waals surface area (Å²) < 4.78 is 2.35. The molecule has 0 aliphatic carbocycles. The van der Waals surface area contributed by atoms with Crippen molar-refractivity contribution in [1.29, 1.82) is 0 Å². The normalized spacial score (nSPS) is 18.9. The molecule has 1 fully saturated rings. The monoisotopic (exact) mass is 414 g/mol. The molecule has 1 atom stereocenters. The first-order valence-electron chi connectivity index (χ1n) is 10.2. The molecule has 4 nitrogen and oxygen atoms in total. The van der Waals surface area contributed by atoms with Gasteiger partial charge in [-0.1, -0.05) is 60.7 Å². The Labute approximate surface area is 180 Å². The molecule has 5 heteroatoms. The summed E-state index contributed by atoms with van der Waals surface area (Å²) in [5.41, 5.74) is 6.02. The number of rotatable bonds is 4. The second kappa shape index (κ2) is 8.09. The molecule has 0 radical (unpaired) electrons. The fourth-order valence-corrected chi connectivity index (χ4v) is 5.21. The van der Waals surface area contributed by atoms with E-state index in [0.29, 0.717) is 12.8 Å². The molecule has 0 bridgehead atoms. The zero-order valence-corrected chi connectivity index (χ0v) is 17.3. The Morgan fingerprint density at radius 1 is 0.833 bits per heavy atom. The molecular formula is C25H22N2O2S. The van der Waals surface area contributed by atoms with E-state index in [1.165, 1.54) is 27.1 Å². The Morgan fingerprint density at radius 2 is 1.63 bits per heavy atom. The van der Waals surface area contributed by atoms with Crippen LogP contribution in [-0.2, 0) is 22.7 Å². The second-order valence-electron chi connectivity index (χ2n) is 7.82. The lowest BCUT2D eigenvalue weighted by atomic mass is 9.89. The van der Waals surface area contributed by atoms with Gasteiger partial charge in [0.15, 0.2) is 0 Å². The van der Waals surface area contributed by atoms with Crippen LogP contribution in [-0.4, -0.2) is 16.1 Å². The van der Waals surface area contributed by atoms with E-state index in [1.807, 2.05) is 12.1 Å². The van der Waals surface area contributed by atoms with Crippen molar-refractivity contribution >= 4 is 23.8 Å². The highest BCUT2D eigenvalue weighted by Crippen LogP contribution is 2.36. The van der Waals surface area contributed by atoms with Crippen LogP contribution in [0.4, 0.5) is 0 Å². The van der Waals surface area contributed by atoms with Crippen LogP contribution < -0.4 is 5.32 Å². The molecule has 30 heavy (non-hydrogen) atoms. The average Bonchev–Trinajstić information content (AvgIpc) is 3.16. The number of fused-ring (bicyclic) bond motifs is 1. The number of amides is 2. The predicted octanol–water partition coefficient (Wildman–Crippen LogP) is 4.90. The number of hydrogen-bond acceptors (Lipinski definition) is 4. The number of piperidine rings is 1. The highest BCUT2D eigenvalue weighted by Gasteiger charge is 2.29. The van der Waals surface area contributed by atoms with E-state index in [0.717, 1.165) is 18.7 Å². The maximum atomic E-state index is 12.2. The molecular weight excluding hydrogens is 392 g/mol. The summed E-state index contributed by atoms with van der Waals surface area (Å²) in [7, 11) is 0. The van der Waals surface area contributed by atoms with Gasteiger partial charge >= 0.3 is 0 Å². The molecule has 1 saturated heterocycles. The first kappa shape index (κ1) is 19.1. The van der Waals surface area contributed by atoms with E-state index >= 15 is 0 Å². The molecule has 0 spiro atoms. The van der Waals surface area contributed by atoms with E-state index in [9.17, 15) is 9.59 Å². The summed E-state index contributed by atoms with van der Waals surface area (Å²) in [5.74, 6) is -0.567. The molecule has 2 aliphatic heterocycles. The maximum Gasteiger partial charge on any atom is 0.234 e. The van der Waals surface area contributed by atoms with Crippen molar-refractivity contribution in [3.05, 3.63) is 89.5 Å². The lowest BCUT2D eigenvalue weighted by Crippen LogP contribution is -2.39. The summed E-state index contributed by atoms with van der Waals surface area (Å²) in [6, 6.07) is 25.4.